The van der Waals surface area contributed by atoms with Crippen LogP contribution < -0.4 is 10.6 Å². The van der Waals surface area contributed by atoms with Crippen LogP contribution in [0.3, 0.4) is 0 Å². The second kappa shape index (κ2) is 7.99. The summed E-state index contributed by atoms with van der Waals surface area (Å²) in [6, 6.07) is 14.5. The second-order valence-electron chi connectivity index (χ2n) is 7.75. The third-order valence-corrected chi connectivity index (χ3v) is 6.11. The van der Waals surface area contributed by atoms with Crippen molar-refractivity contribution in [2.45, 2.75) is 50.2 Å². The number of hydrogen-bond donors (Lipinski definition) is 2. The minimum absolute atomic E-state index is 0.0237. The van der Waals surface area contributed by atoms with Crippen molar-refractivity contribution >= 4 is 17.5 Å². The van der Waals surface area contributed by atoms with Crippen LogP contribution in [0.15, 0.2) is 48.5 Å². The van der Waals surface area contributed by atoms with Crippen LogP contribution in [0.2, 0.25) is 5.02 Å². The molecule has 3 nitrogen and oxygen atoms in total. The average molecular weight is 387 g/mol. The zero-order valence-corrected chi connectivity index (χ0v) is 15.9. The molecular weight excluding hydrogens is 363 g/mol. The van der Waals surface area contributed by atoms with Gasteiger partial charge in [-0.25, -0.2) is 4.39 Å². The SMILES string of the molecule is O=C(CC1CC2CCC(C1)N2)NC(c1ccc(F)cc1)c1ccccc1Cl. The zero-order chi connectivity index (χ0) is 18.8. The van der Waals surface area contributed by atoms with Crippen LogP contribution in [-0.4, -0.2) is 18.0 Å². The van der Waals surface area contributed by atoms with Crippen molar-refractivity contribution in [3.05, 3.63) is 70.5 Å². The molecule has 27 heavy (non-hydrogen) atoms. The predicted octanol–water partition coefficient (Wildman–Crippen LogP) is 4.61. The number of piperidine rings is 1. The highest BCUT2D eigenvalue weighted by Crippen LogP contribution is 2.33. The fourth-order valence-electron chi connectivity index (χ4n) is 4.53. The standard InChI is InChI=1S/C22H24ClFN2O/c23-20-4-2-1-3-19(20)22(15-5-7-16(24)8-6-15)26-21(27)13-14-11-17-9-10-18(12-14)25-17/h1-8,14,17-18,22,25H,9-13H2,(H,26,27). The van der Waals surface area contributed by atoms with E-state index in [9.17, 15) is 9.18 Å². The molecule has 5 heteroatoms. The van der Waals surface area contributed by atoms with Crippen molar-refractivity contribution in [3.63, 3.8) is 0 Å². The summed E-state index contributed by atoms with van der Waals surface area (Å²) in [5, 5.41) is 7.34. The first-order valence-electron chi connectivity index (χ1n) is 9.64. The molecule has 2 N–H and O–H groups in total. The number of carbonyl (C=O) groups is 1. The van der Waals surface area contributed by atoms with Crippen molar-refractivity contribution in [2.24, 2.45) is 5.92 Å². The van der Waals surface area contributed by atoms with E-state index >= 15 is 0 Å². The van der Waals surface area contributed by atoms with E-state index in [-0.39, 0.29) is 17.8 Å². The Kier molecular flexibility index (Phi) is 5.46. The summed E-state index contributed by atoms with van der Waals surface area (Å²) >= 11 is 6.39. The summed E-state index contributed by atoms with van der Waals surface area (Å²) in [4.78, 5) is 12.8. The summed E-state index contributed by atoms with van der Waals surface area (Å²) in [6.07, 6.45) is 5.10. The molecule has 1 amide bonds. The smallest absolute Gasteiger partial charge is 0.221 e. The summed E-state index contributed by atoms with van der Waals surface area (Å²) in [7, 11) is 0. The summed E-state index contributed by atoms with van der Waals surface area (Å²) < 4.78 is 13.4. The lowest BCUT2D eigenvalue weighted by Gasteiger charge is -2.29. The Hall–Kier alpha value is -1.91. The van der Waals surface area contributed by atoms with E-state index < -0.39 is 0 Å². The van der Waals surface area contributed by atoms with E-state index in [1.54, 1.807) is 12.1 Å². The molecule has 0 saturated carbocycles. The molecule has 2 aromatic carbocycles. The topological polar surface area (TPSA) is 41.1 Å². The molecule has 142 valence electrons. The van der Waals surface area contributed by atoms with Crippen molar-refractivity contribution in [3.8, 4) is 0 Å². The van der Waals surface area contributed by atoms with Gasteiger partial charge in [0, 0.05) is 23.5 Å². The van der Waals surface area contributed by atoms with Crippen LogP contribution in [0, 0.1) is 11.7 Å². The maximum atomic E-state index is 13.4. The number of fused-ring (bicyclic) bond motifs is 2. The number of nitrogens with one attached hydrogen (secondary N) is 2. The van der Waals surface area contributed by atoms with Crippen molar-refractivity contribution in [1.29, 1.82) is 0 Å². The van der Waals surface area contributed by atoms with Crippen LogP contribution in [0.1, 0.15) is 49.3 Å². The van der Waals surface area contributed by atoms with E-state index in [1.165, 1.54) is 25.0 Å². The van der Waals surface area contributed by atoms with Crippen LogP contribution >= 0.6 is 11.6 Å². The lowest BCUT2D eigenvalue weighted by atomic mass is 9.89. The minimum Gasteiger partial charge on any atom is -0.345 e. The van der Waals surface area contributed by atoms with Crippen molar-refractivity contribution in [1.82, 2.24) is 10.6 Å². The van der Waals surface area contributed by atoms with E-state index in [0.29, 0.717) is 29.4 Å². The third kappa shape index (κ3) is 4.33. The Morgan fingerprint density at radius 1 is 1.11 bits per heavy atom. The Labute approximate surface area is 164 Å². The molecule has 3 unspecified atom stereocenters. The lowest BCUT2D eigenvalue weighted by Crippen LogP contribution is -2.40. The highest BCUT2D eigenvalue weighted by Gasteiger charge is 2.34. The van der Waals surface area contributed by atoms with Crippen molar-refractivity contribution < 1.29 is 9.18 Å². The van der Waals surface area contributed by atoms with E-state index in [2.05, 4.69) is 10.6 Å². The molecule has 4 rings (SSSR count). The van der Waals surface area contributed by atoms with E-state index in [0.717, 1.165) is 24.0 Å². The van der Waals surface area contributed by atoms with E-state index in [1.807, 2.05) is 24.3 Å². The van der Waals surface area contributed by atoms with Gasteiger partial charge in [-0.15, -0.1) is 0 Å². The van der Waals surface area contributed by atoms with Gasteiger partial charge in [-0.2, -0.15) is 0 Å². The fraction of sp³-hybridized carbons (Fsp3) is 0.409. The number of halogens is 2. The first-order valence-corrected chi connectivity index (χ1v) is 10.0. The average Bonchev–Trinajstić information content (AvgIpc) is 2.99. The molecule has 0 spiro atoms. The van der Waals surface area contributed by atoms with Gasteiger partial charge in [0.15, 0.2) is 0 Å². The van der Waals surface area contributed by atoms with Crippen LogP contribution in [0.25, 0.3) is 0 Å². The normalized spacial score (nSPS) is 25.2. The molecule has 2 aromatic rings. The van der Waals surface area contributed by atoms with Gasteiger partial charge in [0.1, 0.15) is 5.82 Å². The maximum Gasteiger partial charge on any atom is 0.221 e. The number of rotatable bonds is 5. The minimum atomic E-state index is -0.384. The lowest BCUT2D eigenvalue weighted by molar-refractivity contribution is -0.122. The second-order valence-corrected chi connectivity index (χ2v) is 8.16. The maximum absolute atomic E-state index is 13.4. The number of benzene rings is 2. The molecule has 2 fully saturated rings. The molecule has 0 radical (unpaired) electrons. The largest absolute Gasteiger partial charge is 0.345 e. The Morgan fingerprint density at radius 3 is 2.44 bits per heavy atom. The van der Waals surface area contributed by atoms with Gasteiger partial charge in [-0.3, -0.25) is 4.79 Å². The quantitative estimate of drug-likeness (QED) is 0.788. The van der Waals surface area contributed by atoms with Gasteiger partial charge in [-0.05, 0) is 60.9 Å². The van der Waals surface area contributed by atoms with Crippen LogP contribution in [0.4, 0.5) is 4.39 Å². The molecule has 0 aliphatic carbocycles. The van der Waals surface area contributed by atoms with Gasteiger partial charge in [0.2, 0.25) is 5.91 Å². The zero-order valence-electron chi connectivity index (χ0n) is 15.1. The Bertz CT molecular complexity index is 798. The molecule has 3 atom stereocenters. The summed E-state index contributed by atoms with van der Waals surface area (Å²) in [5.41, 5.74) is 1.65. The predicted molar refractivity (Wildman–Crippen MR) is 105 cm³/mol. The molecule has 2 aliphatic rings. The van der Waals surface area contributed by atoms with Gasteiger partial charge in [0.05, 0.1) is 6.04 Å². The highest BCUT2D eigenvalue weighted by atomic mass is 35.5. The number of amides is 1. The Morgan fingerprint density at radius 2 is 1.78 bits per heavy atom. The van der Waals surface area contributed by atoms with Gasteiger partial charge >= 0.3 is 0 Å². The molecule has 2 aliphatic heterocycles. The van der Waals surface area contributed by atoms with E-state index in [4.69, 9.17) is 11.6 Å². The van der Waals surface area contributed by atoms with Crippen molar-refractivity contribution in [2.75, 3.05) is 0 Å². The summed E-state index contributed by atoms with van der Waals surface area (Å²) in [5.74, 6) is 0.146. The molecule has 2 saturated heterocycles. The number of carbonyl (C=O) groups excluding carboxylic acids is 1. The van der Waals surface area contributed by atoms with Crippen LogP contribution in [0.5, 0.6) is 0 Å². The van der Waals surface area contributed by atoms with Crippen LogP contribution in [-0.2, 0) is 4.79 Å². The third-order valence-electron chi connectivity index (χ3n) is 5.77. The molecule has 0 aromatic heterocycles. The first kappa shape index (κ1) is 18.5. The van der Waals surface area contributed by atoms with Gasteiger partial charge in [0.25, 0.3) is 0 Å². The monoisotopic (exact) mass is 386 g/mol. The first-order chi connectivity index (χ1) is 13.1. The summed E-state index contributed by atoms with van der Waals surface area (Å²) in [6.45, 7) is 0. The fourth-order valence-corrected chi connectivity index (χ4v) is 4.77. The Balaban J connectivity index is 1.51. The highest BCUT2D eigenvalue weighted by molar-refractivity contribution is 6.31. The number of hydrogen-bond acceptors (Lipinski definition) is 2. The molecule has 2 heterocycles. The molecular formula is C22H24ClFN2O. The van der Waals surface area contributed by atoms with Gasteiger partial charge < -0.3 is 10.6 Å². The molecule has 2 bridgehead atoms. The van der Waals surface area contributed by atoms with Gasteiger partial charge in [-0.1, -0.05) is 41.9 Å².